The van der Waals surface area contributed by atoms with Gasteiger partial charge >= 0.3 is 0 Å². The van der Waals surface area contributed by atoms with Crippen LogP contribution in [-0.4, -0.2) is 15.7 Å². The van der Waals surface area contributed by atoms with Crippen molar-refractivity contribution in [3.05, 3.63) is 69.2 Å². The van der Waals surface area contributed by atoms with Gasteiger partial charge in [-0.3, -0.25) is 9.48 Å². The molecule has 1 aromatic carbocycles. The molecule has 1 aliphatic rings. The molecule has 0 aliphatic heterocycles. The molecule has 1 N–H and O–H groups in total. The SMILES string of the molecule is CCn1nccc1C(C)NC(=O)c1cc(COc2ccc3c(c2)CCC3)cs1. The Morgan fingerprint density at radius 1 is 1.29 bits per heavy atom. The first-order chi connectivity index (χ1) is 13.6. The number of nitrogens with zero attached hydrogens (tertiary/aromatic N) is 2. The van der Waals surface area contributed by atoms with Crippen LogP contribution < -0.4 is 10.1 Å². The molecule has 0 spiro atoms. The summed E-state index contributed by atoms with van der Waals surface area (Å²) < 4.78 is 7.84. The van der Waals surface area contributed by atoms with E-state index in [1.807, 2.05) is 42.1 Å². The fraction of sp³-hybridized carbons (Fsp3) is 0.364. The van der Waals surface area contributed by atoms with Crippen LogP contribution in [0, 0.1) is 0 Å². The van der Waals surface area contributed by atoms with Crippen molar-refractivity contribution in [3.63, 3.8) is 0 Å². The van der Waals surface area contributed by atoms with E-state index >= 15 is 0 Å². The summed E-state index contributed by atoms with van der Waals surface area (Å²) in [5, 5.41) is 9.31. The van der Waals surface area contributed by atoms with E-state index in [1.54, 1.807) is 6.20 Å². The Balaban J connectivity index is 1.35. The minimum Gasteiger partial charge on any atom is -0.489 e. The second-order valence-electron chi connectivity index (χ2n) is 7.16. The molecule has 1 atom stereocenters. The Kier molecular flexibility index (Phi) is 5.48. The number of thiophene rings is 1. The molecule has 0 fully saturated rings. The third-order valence-corrected chi connectivity index (χ3v) is 6.17. The van der Waals surface area contributed by atoms with Gasteiger partial charge in [0, 0.05) is 18.3 Å². The lowest BCUT2D eigenvalue weighted by atomic mass is 10.1. The van der Waals surface area contributed by atoms with Crippen LogP contribution in [0.5, 0.6) is 5.75 Å². The van der Waals surface area contributed by atoms with Gasteiger partial charge in [0.15, 0.2) is 0 Å². The molecule has 1 unspecified atom stereocenters. The summed E-state index contributed by atoms with van der Waals surface area (Å²) in [6, 6.07) is 10.1. The second kappa shape index (κ2) is 8.19. The maximum Gasteiger partial charge on any atom is 0.261 e. The minimum absolute atomic E-state index is 0.0647. The van der Waals surface area contributed by atoms with Crippen molar-refractivity contribution in [3.8, 4) is 5.75 Å². The fourth-order valence-electron chi connectivity index (χ4n) is 3.69. The first kappa shape index (κ1) is 18.7. The summed E-state index contributed by atoms with van der Waals surface area (Å²) in [6.45, 7) is 5.27. The van der Waals surface area contributed by atoms with Crippen LogP contribution >= 0.6 is 11.3 Å². The predicted molar refractivity (Wildman–Crippen MR) is 111 cm³/mol. The van der Waals surface area contributed by atoms with E-state index in [1.165, 1.54) is 35.3 Å². The number of fused-ring (bicyclic) bond motifs is 1. The van der Waals surface area contributed by atoms with Crippen LogP contribution in [-0.2, 0) is 26.0 Å². The van der Waals surface area contributed by atoms with Gasteiger partial charge in [0.05, 0.1) is 16.6 Å². The topological polar surface area (TPSA) is 56.2 Å². The number of rotatable bonds is 7. The number of aryl methyl sites for hydroxylation is 3. The highest BCUT2D eigenvalue weighted by Gasteiger charge is 2.16. The lowest BCUT2D eigenvalue weighted by molar-refractivity contribution is 0.0942. The summed E-state index contributed by atoms with van der Waals surface area (Å²) in [5.41, 5.74) is 4.87. The molecule has 6 heteroatoms. The molecule has 4 rings (SSSR count). The molecule has 0 radical (unpaired) electrons. The first-order valence-electron chi connectivity index (χ1n) is 9.78. The van der Waals surface area contributed by atoms with Crippen molar-refractivity contribution in [2.75, 3.05) is 0 Å². The molecule has 0 saturated heterocycles. The third-order valence-electron chi connectivity index (χ3n) is 5.19. The summed E-state index contributed by atoms with van der Waals surface area (Å²) >= 11 is 1.45. The van der Waals surface area contributed by atoms with E-state index in [4.69, 9.17) is 4.74 Å². The number of hydrogen-bond donors (Lipinski definition) is 1. The number of carbonyl (C=O) groups is 1. The van der Waals surface area contributed by atoms with Crippen LogP contribution in [0.4, 0.5) is 0 Å². The summed E-state index contributed by atoms with van der Waals surface area (Å²) in [5.74, 6) is 0.837. The minimum atomic E-state index is -0.0943. The summed E-state index contributed by atoms with van der Waals surface area (Å²) in [6.07, 6.45) is 5.32. The maximum absolute atomic E-state index is 12.6. The standard InChI is InChI=1S/C22H25N3O2S/c1-3-25-20(9-10-23-25)15(2)24-22(26)21-11-16(14-28-21)13-27-19-8-7-17-5-4-6-18(17)12-19/h7-12,14-15H,3-6,13H2,1-2H3,(H,24,26). The Morgan fingerprint density at radius 3 is 3.00 bits per heavy atom. The maximum atomic E-state index is 12.6. The molecule has 1 amide bonds. The predicted octanol–water partition coefficient (Wildman–Crippen LogP) is 4.52. The van der Waals surface area contributed by atoms with Crippen molar-refractivity contribution >= 4 is 17.2 Å². The lowest BCUT2D eigenvalue weighted by Gasteiger charge is -2.14. The van der Waals surface area contributed by atoms with Crippen LogP contribution in [0.2, 0.25) is 0 Å². The van der Waals surface area contributed by atoms with Gasteiger partial charge in [0.1, 0.15) is 12.4 Å². The van der Waals surface area contributed by atoms with Crippen molar-refractivity contribution in [2.24, 2.45) is 0 Å². The molecule has 3 aromatic rings. The third kappa shape index (κ3) is 3.97. The number of nitrogens with one attached hydrogen (secondary N) is 1. The smallest absolute Gasteiger partial charge is 0.261 e. The van der Waals surface area contributed by atoms with E-state index in [2.05, 4.69) is 22.5 Å². The molecule has 2 heterocycles. The van der Waals surface area contributed by atoms with Crippen LogP contribution in [0.1, 0.15) is 58.4 Å². The quantitative estimate of drug-likeness (QED) is 0.640. The van der Waals surface area contributed by atoms with Gasteiger partial charge in [-0.25, -0.2) is 0 Å². The zero-order valence-electron chi connectivity index (χ0n) is 16.3. The van der Waals surface area contributed by atoms with E-state index in [-0.39, 0.29) is 11.9 Å². The molecule has 1 aliphatic carbocycles. The summed E-state index contributed by atoms with van der Waals surface area (Å²) in [4.78, 5) is 13.3. The van der Waals surface area contributed by atoms with Gasteiger partial charge in [-0.15, -0.1) is 11.3 Å². The fourth-order valence-corrected chi connectivity index (χ4v) is 4.49. The zero-order chi connectivity index (χ0) is 19.5. The highest BCUT2D eigenvalue weighted by Crippen LogP contribution is 2.27. The Bertz CT molecular complexity index is 976. The average molecular weight is 396 g/mol. The average Bonchev–Trinajstić information content (AvgIpc) is 3.45. The van der Waals surface area contributed by atoms with Crippen molar-refractivity contribution in [1.29, 1.82) is 0 Å². The number of amides is 1. The van der Waals surface area contributed by atoms with E-state index in [0.29, 0.717) is 11.5 Å². The van der Waals surface area contributed by atoms with Crippen LogP contribution in [0.15, 0.2) is 41.9 Å². The van der Waals surface area contributed by atoms with Gasteiger partial charge < -0.3 is 10.1 Å². The Labute approximate surface area is 169 Å². The highest BCUT2D eigenvalue weighted by atomic mass is 32.1. The van der Waals surface area contributed by atoms with Gasteiger partial charge in [0.25, 0.3) is 5.91 Å². The zero-order valence-corrected chi connectivity index (χ0v) is 17.1. The molecular weight excluding hydrogens is 370 g/mol. The summed E-state index contributed by atoms with van der Waals surface area (Å²) in [7, 11) is 0. The first-order valence-corrected chi connectivity index (χ1v) is 10.7. The second-order valence-corrected chi connectivity index (χ2v) is 8.07. The number of hydrogen-bond acceptors (Lipinski definition) is 4. The largest absolute Gasteiger partial charge is 0.489 e. The Hall–Kier alpha value is -2.60. The monoisotopic (exact) mass is 395 g/mol. The lowest BCUT2D eigenvalue weighted by Crippen LogP contribution is -2.27. The van der Waals surface area contributed by atoms with Crippen LogP contribution in [0.25, 0.3) is 0 Å². The molecule has 28 heavy (non-hydrogen) atoms. The number of benzene rings is 1. The van der Waals surface area contributed by atoms with Crippen molar-refractivity contribution < 1.29 is 9.53 Å². The van der Waals surface area contributed by atoms with E-state index in [0.717, 1.165) is 30.0 Å². The van der Waals surface area contributed by atoms with Gasteiger partial charge in [0.2, 0.25) is 0 Å². The molecule has 146 valence electrons. The number of carbonyl (C=O) groups excluding carboxylic acids is 1. The highest BCUT2D eigenvalue weighted by molar-refractivity contribution is 7.12. The Morgan fingerprint density at radius 2 is 2.14 bits per heavy atom. The molecule has 5 nitrogen and oxygen atoms in total. The van der Waals surface area contributed by atoms with Gasteiger partial charge in [-0.1, -0.05) is 6.07 Å². The van der Waals surface area contributed by atoms with Crippen LogP contribution in [0.3, 0.4) is 0 Å². The molecule has 2 aromatic heterocycles. The normalized spacial score (nSPS) is 13.9. The molecule has 0 bridgehead atoms. The molecular formula is C22H25N3O2S. The number of ether oxygens (including phenoxy) is 1. The number of aromatic nitrogens is 2. The van der Waals surface area contributed by atoms with E-state index < -0.39 is 0 Å². The van der Waals surface area contributed by atoms with Crippen molar-refractivity contribution in [2.45, 2.75) is 52.3 Å². The van der Waals surface area contributed by atoms with E-state index in [9.17, 15) is 4.79 Å². The van der Waals surface area contributed by atoms with Gasteiger partial charge in [-0.2, -0.15) is 5.10 Å². The van der Waals surface area contributed by atoms with Gasteiger partial charge in [-0.05, 0) is 73.9 Å². The van der Waals surface area contributed by atoms with Crippen molar-refractivity contribution in [1.82, 2.24) is 15.1 Å². The molecule has 0 saturated carbocycles.